The fourth-order valence-corrected chi connectivity index (χ4v) is 7.32. The zero-order valence-corrected chi connectivity index (χ0v) is 27.6. The Morgan fingerprint density at radius 2 is 1.30 bits per heavy atom. The highest BCUT2D eigenvalue weighted by atomic mass is 16.5. The summed E-state index contributed by atoms with van der Waals surface area (Å²) >= 11 is 0. The Morgan fingerprint density at radius 3 is 1.89 bits per heavy atom. The van der Waals surface area contributed by atoms with Gasteiger partial charge >= 0.3 is 5.97 Å². The second-order valence-electron chi connectivity index (χ2n) is 13.2. The first-order valence-corrected chi connectivity index (χ1v) is 17.5. The molecule has 2 aromatic carbocycles. The normalized spacial score (nSPS) is 20.8. The molecule has 4 rings (SSSR count). The maximum atomic E-state index is 13.2. The summed E-state index contributed by atoms with van der Waals surface area (Å²) in [5.74, 6) is -0.205. The first kappa shape index (κ1) is 35.6. The SMILES string of the molecule is COC(=O)C(CCCCCN1C(=O)CCCC1CCC(O)Cc1ccccc1)N1C(=O)CCCC1CCC(O)Cc1ccccc1. The number of benzene rings is 2. The quantitative estimate of drug-likeness (QED) is 0.163. The van der Waals surface area contributed by atoms with Gasteiger partial charge in [0.05, 0.1) is 19.3 Å². The molecule has 0 aromatic heterocycles. The molecule has 2 aliphatic heterocycles. The van der Waals surface area contributed by atoms with Gasteiger partial charge in [0, 0.05) is 31.5 Å². The number of ether oxygens (including phenoxy) is 1. The first-order chi connectivity index (χ1) is 22.4. The number of hydrogen-bond acceptors (Lipinski definition) is 6. The third-order valence-corrected chi connectivity index (χ3v) is 9.78. The van der Waals surface area contributed by atoms with Crippen LogP contribution in [0.25, 0.3) is 0 Å². The van der Waals surface area contributed by atoms with Crippen LogP contribution in [-0.4, -0.2) is 81.8 Å². The van der Waals surface area contributed by atoms with Crippen molar-refractivity contribution in [1.82, 2.24) is 9.80 Å². The third-order valence-electron chi connectivity index (χ3n) is 9.78. The summed E-state index contributed by atoms with van der Waals surface area (Å²) in [5, 5.41) is 21.3. The minimum absolute atomic E-state index is 0.0135. The lowest BCUT2D eigenvalue weighted by Crippen LogP contribution is -2.53. The van der Waals surface area contributed by atoms with Crippen LogP contribution in [0.3, 0.4) is 0 Å². The number of aliphatic hydroxyl groups excluding tert-OH is 2. The van der Waals surface area contributed by atoms with Gasteiger partial charge in [-0.15, -0.1) is 0 Å². The molecule has 2 fully saturated rings. The molecule has 0 bridgehead atoms. The van der Waals surface area contributed by atoms with Crippen molar-refractivity contribution in [3.63, 3.8) is 0 Å². The van der Waals surface area contributed by atoms with Crippen LogP contribution in [0.4, 0.5) is 0 Å². The molecule has 2 heterocycles. The highest BCUT2D eigenvalue weighted by Gasteiger charge is 2.37. The maximum Gasteiger partial charge on any atom is 0.328 e. The zero-order valence-electron chi connectivity index (χ0n) is 27.6. The molecule has 0 radical (unpaired) electrons. The average Bonchev–Trinajstić information content (AvgIpc) is 3.06. The van der Waals surface area contributed by atoms with E-state index in [2.05, 4.69) is 0 Å². The first-order valence-electron chi connectivity index (χ1n) is 17.5. The van der Waals surface area contributed by atoms with E-state index in [1.807, 2.05) is 65.6 Å². The molecule has 0 spiro atoms. The molecule has 2 N–H and O–H groups in total. The molecule has 46 heavy (non-hydrogen) atoms. The number of esters is 1. The number of amides is 2. The van der Waals surface area contributed by atoms with Crippen LogP contribution in [0.2, 0.25) is 0 Å². The number of rotatable bonds is 18. The van der Waals surface area contributed by atoms with Gasteiger partial charge in [-0.3, -0.25) is 9.59 Å². The molecule has 5 unspecified atom stereocenters. The largest absolute Gasteiger partial charge is 0.467 e. The van der Waals surface area contributed by atoms with E-state index in [1.165, 1.54) is 7.11 Å². The van der Waals surface area contributed by atoms with E-state index >= 15 is 0 Å². The molecule has 0 saturated carbocycles. The van der Waals surface area contributed by atoms with Crippen molar-refractivity contribution in [3.05, 3.63) is 71.8 Å². The van der Waals surface area contributed by atoms with Crippen LogP contribution in [0, 0.1) is 0 Å². The number of likely N-dealkylation sites (tertiary alicyclic amines) is 2. The summed E-state index contributed by atoms with van der Waals surface area (Å²) in [6.45, 7) is 0.672. The minimum atomic E-state index is -0.635. The monoisotopic (exact) mass is 634 g/mol. The molecule has 252 valence electrons. The topological polar surface area (TPSA) is 107 Å². The highest BCUT2D eigenvalue weighted by Crippen LogP contribution is 2.29. The van der Waals surface area contributed by atoms with Gasteiger partial charge in [0.25, 0.3) is 0 Å². The van der Waals surface area contributed by atoms with E-state index in [4.69, 9.17) is 4.74 Å². The Hall–Kier alpha value is -3.23. The Labute approximate surface area is 275 Å². The maximum absolute atomic E-state index is 13.2. The molecule has 8 nitrogen and oxygen atoms in total. The van der Waals surface area contributed by atoms with E-state index in [1.54, 1.807) is 4.90 Å². The molecule has 2 saturated heterocycles. The van der Waals surface area contributed by atoms with Gasteiger partial charge in [0.1, 0.15) is 6.04 Å². The van der Waals surface area contributed by atoms with Crippen LogP contribution in [-0.2, 0) is 32.0 Å². The lowest BCUT2D eigenvalue weighted by molar-refractivity contribution is -0.157. The molecule has 5 atom stereocenters. The number of carbonyl (C=O) groups is 3. The Balaban J connectivity index is 1.25. The Bertz CT molecular complexity index is 1210. The summed E-state index contributed by atoms with van der Waals surface area (Å²) in [6.07, 6.45) is 10.3. The number of piperidine rings is 2. The van der Waals surface area contributed by atoms with Crippen molar-refractivity contribution >= 4 is 17.8 Å². The summed E-state index contributed by atoms with van der Waals surface area (Å²) in [7, 11) is 1.38. The second-order valence-corrected chi connectivity index (χ2v) is 13.2. The van der Waals surface area contributed by atoms with Crippen molar-refractivity contribution in [3.8, 4) is 0 Å². The summed E-state index contributed by atoms with van der Waals surface area (Å²) in [4.78, 5) is 42.8. The van der Waals surface area contributed by atoms with Crippen LogP contribution in [0.1, 0.15) is 101 Å². The van der Waals surface area contributed by atoms with Gasteiger partial charge in [0.2, 0.25) is 11.8 Å². The van der Waals surface area contributed by atoms with Gasteiger partial charge in [-0.25, -0.2) is 4.79 Å². The van der Waals surface area contributed by atoms with Crippen LogP contribution >= 0.6 is 0 Å². The lowest BCUT2D eigenvalue weighted by Gasteiger charge is -2.40. The van der Waals surface area contributed by atoms with E-state index in [9.17, 15) is 24.6 Å². The van der Waals surface area contributed by atoms with Gasteiger partial charge < -0.3 is 24.7 Å². The molecule has 2 aliphatic rings. The number of unbranched alkanes of at least 4 members (excludes halogenated alkanes) is 2. The molecule has 2 amide bonds. The van der Waals surface area contributed by atoms with E-state index < -0.39 is 18.2 Å². The Kier molecular flexibility index (Phi) is 14.6. The predicted octanol–water partition coefficient (Wildman–Crippen LogP) is 5.62. The Morgan fingerprint density at radius 1 is 0.761 bits per heavy atom. The van der Waals surface area contributed by atoms with Gasteiger partial charge in [0.15, 0.2) is 0 Å². The predicted molar refractivity (Wildman–Crippen MR) is 179 cm³/mol. The second kappa shape index (κ2) is 18.8. The summed E-state index contributed by atoms with van der Waals surface area (Å²) in [6, 6.07) is 19.3. The van der Waals surface area contributed by atoms with Crippen molar-refractivity contribution in [2.24, 2.45) is 0 Å². The molecule has 8 heteroatoms. The number of methoxy groups -OCH3 is 1. The van der Waals surface area contributed by atoms with Crippen molar-refractivity contribution in [2.45, 2.75) is 133 Å². The lowest BCUT2D eigenvalue weighted by atomic mass is 9.91. The van der Waals surface area contributed by atoms with E-state index in [-0.39, 0.29) is 29.9 Å². The van der Waals surface area contributed by atoms with Gasteiger partial charge in [-0.05, 0) is 88.2 Å². The molecular weight excluding hydrogens is 580 g/mol. The fraction of sp³-hybridized carbons (Fsp3) is 0.605. The smallest absolute Gasteiger partial charge is 0.328 e. The highest BCUT2D eigenvalue weighted by molar-refractivity contribution is 5.85. The van der Waals surface area contributed by atoms with Gasteiger partial charge in [-0.1, -0.05) is 73.5 Å². The summed E-state index contributed by atoms with van der Waals surface area (Å²) in [5.41, 5.74) is 2.20. The van der Waals surface area contributed by atoms with Crippen molar-refractivity contribution in [2.75, 3.05) is 13.7 Å². The summed E-state index contributed by atoms with van der Waals surface area (Å²) < 4.78 is 5.18. The minimum Gasteiger partial charge on any atom is -0.467 e. The fourth-order valence-electron chi connectivity index (χ4n) is 7.32. The van der Waals surface area contributed by atoms with Crippen LogP contribution < -0.4 is 0 Å². The number of aliphatic hydroxyl groups is 2. The van der Waals surface area contributed by atoms with Crippen LogP contribution in [0.15, 0.2) is 60.7 Å². The van der Waals surface area contributed by atoms with Gasteiger partial charge in [-0.2, -0.15) is 0 Å². The van der Waals surface area contributed by atoms with Crippen molar-refractivity contribution < 1.29 is 29.3 Å². The number of carbonyl (C=O) groups excluding carboxylic acids is 3. The molecular formula is C38H54N2O6. The average molecular weight is 635 g/mol. The van der Waals surface area contributed by atoms with E-state index in [0.29, 0.717) is 57.9 Å². The third kappa shape index (κ3) is 10.9. The van der Waals surface area contributed by atoms with Crippen molar-refractivity contribution in [1.29, 1.82) is 0 Å². The number of nitrogens with zero attached hydrogens (tertiary/aromatic N) is 2. The molecule has 0 aliphatic carbocycles. The standard InChI is InChI=1S/C38H54N2O6/c1-46-38(45)35(40-32(18-12-21-37(40)44)23-25-34(42)28-30-15-7-3-8-16-30)19-9-4-10-26-39-31(17-11-20-36(39)43)22-24-33(41)27-29-13-5-2-6-14-29/h2-3,5-8,13-16,31-35,41-42H,4,9-12,17-28H2,1H3. The zero-order chi connectivity index (χ0) is 32.7. The number of hydrogen-bond donors (Lipinski definition) is 2. The molecule has 2 aromatic rings. The van der Waals surface area contributed by atoms with E-state index in [0.717, 1.165) is 62.5 Å². The van der Waals surface area contributed by atoms with Crippen LogP contribution in [0.5, 0.6) is 0 Å².